The molecule has 0 aliphatic heterocycles. The Morgan fingerprint density at radius 1 is 1.16 bits per heavy atom. The number of benzene rings is 1. The van der Waals surface area contributed by atoms with Gasteiger partial charge < -0.3 is 10.7 Å². The van der Waals surface area contributed by atoms with E-state index in [2.05, 4.69) is 41.2 Å². The Kier molecular flexibility index (Phi) is 4.74. The average molecular weight is 257 g/mol. The monoisotopic (exact) mass is 257 g/mol. The molecule has 1 heterocycles. The molecule has 1 aromatic carbocycles. The molecule has 2 rings (SSSR count). The molecule has 102 valence electrons. The number of nitrogens with two attached hydrogens (primary N) is 1. The normalized spacial score (nSPS) is 10.9. The second kappa shape index (κ2) is 6.53. The number of hydrogen-bond donors (Lipinski definition) is 2. The highest BCUT2D eigenvalue weighted by molar-refractivity contribution is 5.62. The Morgan fingerprint density at radius 2 is 1.89 bits per heavy atom. The van der Waals surface area contributed by atoms with Gasteiger partial charge in [-0.15, -0.1) is 0 Å². The quantitative estimate of drug-likeness (QED) is 0.834. The Bertz CT molecular complexity index is 511. The molecule has 3 heteroatoms. The summed E-state index contributed by atoms with van der Waals surface area (Å²) < 4.78 is 0. The zero-order valence-corrected chi connectivity index (χ0v) is 11.9. The summed E-state index contributed by atoms with van der Waals surface area (Å²) in [4.78, 5) is 7.88. The summed E-state index contributed by atoms with van der Waals surface area (Å²) in [6.45, 7) is 4.85. The van der Waals surface area contributed by atoms with Crippen molar-refractivity contribution in [1.82, 2.24) is 9.97 Å². The lowest BCUT2D eigenvalue weighted by atomic mass is 10.0. The van der Waals surface area contributed by atoms with Crippen LogP contribution in [0, 0.1) is 6.92 Å². The number of imidazole rings is 1. The lowest BCUT2D eigenvalue weighted by Gasteiger charge is -2.04. The molecule has 19 heavy (non-hydrogen) atoms. The first-order chi connectivity index (χ1) is 9.24. The van der Waals surface area contributed by atoms with Crippen molar-refractivity contribution >= 4 is 0 Å². The van der Waals surface area contributed by atoms with Gasteiger partial charge in [-0.2, -0.15) is 0 Å². The van der Waals surface area contributed by atoms with E-state index in [1.54, 1.807) is 0 Å². The number of nitrogens with zero attached hydrogens (tertiary/aromatic N) is 1. The molecular formula is C16H23N3. The van der Waals surface area contributed by atoms with Crippen LogP contribution in [0.3, 0.4) is 0 Å². The lowest BCUT2D eigenvalue weighted by molar-refractivity contribution is 0.795. The molecule has 2 aromatic rings. The van der Waals surface area contributed by atoms with Crippen molar-refractivity contribution in [2.24, 2.45) is 5.73 Å². The third kappa shape index (κ3) is 3.44. The minimum absolute atomic E-state index is 0.642. The van der Waals surface area contributed by atoms with E-state index in [1.807, 2.05) is 6.92 Å². The Hall–Kier alpha value is -1.61. The van der Waals surface area contributed by atoms with Crippen LogP contribution < -0.4 is 5.73 Å². The van der Waals surface area contributed by atoms with E-state index in [4.69, 9.17) is 5.73 Å². The molecule has 1 aromatic heterocycles. The van der Waals surface area contributed by atoms with Crippen molar-refractivity contribution in [3.8, 4) is 11.3 Å². The van der Waals surface area contributed by atoms with Crippen molar-refractivity contribution in [3.05, 3.63) is 41.3 Å². The summed E-state index contributed by atoms with van der Waals surface area (Å²) in [7, 11) is 0. The van der Waals surface area contributed by atoms with Gasteiger partial charge in [0.2, 0.25) is 0 Å². The van der Waals surface area contributed by atoms with E-state index in [9.17, 15) is 0 Å². The van der Waals surface area contributed by atoms with E-state index in [0.717, 1.165) is 30.1 Å². The van der Waals surface area contributed by atoms with Crippen LogP contribution in [0.2, 0.25) is 0 Å². The van der Waals surface area contributed by atoms with Crippen LogP contribution in [0.1, 0.15) is 36.8 Å². The highest BCUT2D eigenvalue weighted by Crippen LogP contribution is 2.22. The SMILES string of the molecule is CCCCc1ccc(-c2nc(C)[nH]c2CCN)cc1. The molecule has 0 aliphatic rings. The standard InChI is InChI=1S/C16H23N3/c1-3-4-5-13-6-8-14(9-7-13)16-15(10-11-17)18-12(2)19-16/h6-9H,3-5,10-11,17H2,1-2H3,(H,18,19). The van der Waals surface area contributed by atoms with Gasteiger partial charge in [-0.1, -0.05) is 37.6 Å². The number of aryl methyl sites for hydroxylation is 2. The van der Waals surface area contributed by atoms with Crippen molar-refractivity contribution in [3.63, 3.8) is 0 Å². The maximum Gasteiger partial charge on any atom is 0.103 e. The van der Waals surface area contributed by atoms with E-state index in [1.165, 1.54) is 24.0 Å². The third-order valence-electron chi connectivity index (χ3n) is 3.34. The van der Waals surface area contributed by atoms with Crippen LogP contribution in [0.4, 0.5) is 0 Å². The molecule has 0 spiro atoms. The molecular weight excluding hydrogens is 234 g/mol. The molecule has 3 N–H and O–H groups in total. The predicted octanol–water partition coefficient (Wildman–Crippen LogP) is 3.23. The summed E-state index contributed by atoms with van der Waals surface area (Å²) in [6.07, 6.45) is 4.49. The number of H-pyrrole nitrogens is 1. The molecule has 0 aliphatic carbocycles. The fourth-order valence-electron chi connectivity index (χ4n) is 2.31. The number of rotatable bonds is 6. The molecule has 0 atom stereocenters. The summed E-state index contributed by atoms with van der Waals surface area (Å²) in [5.74, 6) is 0.952. The number of unbranched alkanes of at least 4 members (excludes halogenated alkanes) is 1. The number of aromatic amines is 1. The molecule has 0 fully saturated rings. The minimum atomic E-state index is 0.642. The van der Waals surface area contributed by atoms with Crippen molar-refractivity contribution < 1.29 is 0 Å². The van der Waals surface area contributed by atoms with Gasteiger partial charge in [0, 0.05) is 17.7 Å². The first-order valence-electron chi connectivity index (χ1n) is 7.09. The van der Waals surface area contributed by atoms with Crippen LogP contribution >= 0.6 is 0 Å². The van der Waals surface area contributed by atoms with Crippen LogP contribution in [-0.4, -0.2) is 16.5 Å². The molecule has 0 radical (unpaired) electrons. The van der Waals surface area contributed by atoms with Crippen molar-refractivity contribution in [2.75, 3.05) is 6.54 Å². The largest absolute Gasteiger partial charge is 0.346 e. The number of hydrogen-bond acceptors (Lipinski definition) is 2. The van der Waals surface area contributed by atoms with Gasteiger partial charge in [0.1, 0.15) is 5.82 Å². The second-order valence-electron chi connectivity index (χ2n) is 4.99. The molecule has 3 nitrogen and oxygen atoms in total. The van der Waals surface area contributed by atoms with Gasteiger partial charge in [0.05, 0.1) is 5.69 Å². The van der Waals surface area contributed by atoms with Gasteiger partial charge in [-0.25, -0.2) is 4.98 Å². The minimum Gasteiger partial charge on any atom is -0.346 e. The van der Waals surface area contributed by atoms with Crippen molar-refractivity contribution in [2.45, 2.75) is 39.5 Å². The molecule has 0 bridgehead atoms. The topological polar surface area (TPSA) is 54.7 Å². The zero-order valence-electron chi connectivity index (χ0n) is 11.9. The van der Waals surface area contributed by atoms with Crippen LogP contribution in [0.25, 0.3) is 11.3 Å². The maximum absolute atomic E-state index is 5.65. The number of aromatic nitrogens is 2. The van der Waals surface area contributed by atoms with Crippen LogP contribution in [-0.2, 0) is 12.8 Å². The molecule has 0 saturated carbocycles. The van der Waals surface area contributed by atoms with Gasteiger partial charge in [0.25, 0.3) is 0 Å². The van der Waals surface area contributed by atoms with Crippen molar-refractivity contribution in [1.29, 1.82) is 0 Å². The van der Waals surface area contributed by atoms with Gasteiger partial charge >= 0.3 is 0 Å². The smallest absolute Gasteiger partial charge is 0.103 e. The Labute approximate surface area is 115 Å². The first-order valence-corrected chi connectivity index (χ1v) is 7.09. The fraction of sp³-hybridized carbons (Fsp3) is 0.438. The van der Waals surface area contributed by atoms with Crippen LogP contribution in [0.5, 0.6) is 0 Å². The average Bonchev–Trinajstić information content (AvgIpc) is 2.78. The summed E-state index contributed by atoms with van der Waals surface area (Å²) in [5.41, 5.74) is 10.4. The van der Waals surface area contributed by atoms with Gasteiger partial charge in [0.15, 0.2) is 0 Å². The molecule has 0 saturated heterocycles. The first kappa shape index (κ1) is 13.8. The second-order valence-corrected chi connectivity index (χ2v) is 4.99. The maximum atomic E-state index is 5.65. The Balaban J connectivity index is 2.21. The van der Waals surface area contributed by atoms with Crippen LogP contribution in [0.15, 0.2) is 24.3 Å². The van der Waals surface area contributed by atoms with Gasteiger partial charge in [-0.05, 0) is 31.9 Å². The Morgan fingerprint density at radius 3 is 2.53 bits per heavy atom. The fourth-order valence-corrected chi connectivity index (χ4v) is 2.31. The lowest BCUT2D eigenvalue weighted by Crippen LogP contribution is -2.04. The highest BCUT2D eigenvalue weighted by atomic mass is 14.9. The highest BCUT2D eigenvalue weighted by Gasteiger charge is 2.09. The summed E-state index contributed by atoms with van der Waals surface area (Å²) in [6, 6.07) is 8.75. The zero-order chi connectivity index (χ0) is 13.7. The predicted molar refractivity (Wildman–Crippen MR) is 80.1 cm³/mol. The third-order valence-corrected chi connectivity index (χ3v) is 3.34. The van der Waals surface area contributed by atoms with E-state index in [-0.39, 0.29) is 0 Å². The number of nitrogens with one attached hydrogen (secondary N) is 1. The van der Waals surface area contributed by atoms with Gasteiger partial charge in [-0.3, -0.25) is 0 Å². The molecule has 0 unspecified atom stereocenters. The van der Waals surface area contributed by atoms with E-state index < -0.39 is 0 Å². The van der Waals surface area contributed by atoms with E-state index in [0.29, 0.717) is 6.54 Å². The summed E-state index contributed by atoms with van der Waals surface area (Å²) >= 11 is 0. The summed E-state index contributed by atoms with van der Waals surface area (Å²) in [5, 5.41) is 0. The van der Waals surface area contributed by atoms with E-state index >= 15 is 0 Å². The molecule has 0 amide bonds.